The molecule has 0 unspecified atom stereocenters. The number of ketones is 1. The lowest BCUT2D eigenvalue weighted by Crippen LogP contribution is -2.00. The molecular weight excluding hydrogens is 200 g/mol. The molecule has 2 rings (SSSR count). The zero-order valence-corrected chi connectivity index (χ0v) is 9.47. The Hall–Kier alpha value is -1.90. The molecule has 2 aromatic rings. The van der Waals surface area contributed by atoms with Crippen LogP contribution in [0.4, 0.5) is 0 Å². The van der Waals surface area contributed by atoms with Crippen LogP contribution in [0.1, 0.15) is 24.2 Å². The Morgan fingerprint density at radius 2 is 2.12 bits per heavy atom. The van der Waals surface area contributed by atoms with Crippen LogP contribution in [0.5, 0.6) is 0 Å². The second-order valence-corrected chi connectivity index (χ2v) is 3.67. The third kappa shape index (κ3) is 1.76. The lowest BCUT2D eigenvalue weighted by molar-refractivity contribution is 0.101. The highest BCUT2D eigenvalue weighted by Gasteiger charge is 2.11. The Kier molecular flexibility index (Phi) is 2.86. The van der Waals surface area contributed by atoms with E-state index in [1.54, 1.807) is 19.4 Å². The number of Topliss-reactive ketones (excluding diaryl/α,β-unsaturated/α-hetero) is 1. The van der Waals surface area contributed by atoms with Crippen molar-refractivity contribution < 1.29 is 4.79 Å². The molecule has 16 heavy (non-hydrogen) atoms. The van der Waals surface area contributed by atoms with Gasteiger partial charge in [0.05, 0.1) is 18.2 Å². The van der Waals surface area contributed by atoms with Crippen molar-refractivity contribution in [1.82, 2.24) is 9.55 Å². The molecule has 0 radical (unpaired) electrons. The van der Waals surface area contributed by atoms with Gasteiger partial charge in [-0.15, -0.1) is 0 Å². The predicted molar refractivity (Wildman–Crippen MR) is 63.3 cm³/mol. The number of nitrogens with zero attached hydrogens (tertiary/aromatic N) is 2. The van der Waals surface area contributed by atoms with E-state index in [9.17, 15) is 4.79 Å². The smallest absolute Gasteiger partial charge is 0.160 e. The molecule has 0 amide bonds. The van der Waals surface area contributed by atoms with Gasteiger partial charge in [0.15, 0.2) is 5.78 Å². The highest BCUT2D eigenvalue weighted by molar-refractivity contribution is 6.00. The number of aromatic nitrogens is 2. The summed E-state index contributed by atoms with van der Waals surface area (Å²) in [6, 6.07) is 7.63. The first-order valence-electron chi connectivity index (χ1n) is 5.34. The summed E-state index contributed by atoms with van der Waals surface area (Å²) in [6.45, 7) is 4.49. The topological polar surface area (TPSA) is 34.9 Å². The minimum absolute atomic E-state index is 0.0828. The molecule has 0 aliphatic heterocycles. The largest absolute Gasteiger partial charge is 0.331 e. The molecule has 1 aromatic heterocycles. The number of hydrogen-bond donors (Lipinski definition) is 0. The Bertz CT molecular complexity index is 514. The van der Waals surface area contributed by atoms with Crippen molar-refractivity contribution in [2.24, 2.45) is 0 Å². The Morgan fingerprint density at radius 1 is 1.38 bits per heavy atom. The molecule has 1 aromatic carbocycles. The van der Waals surface area contributed by atoms with Crippen molar-refractivity contribution in [2.45, 2.75) is 20.4 Å². The maximum Gasteiger partial charge on any atom is 0.160 e. The van der Waals surface area contributed by atoms with Crippen LogP contribution in [0.25, 0.3) is 11.3 Å². The molecule has 0 atom stereocenters. The second kappa shape index (κ2) is 4.31. The first-order chi connectivity index (χ1) is 7.74. The number of carbonyl (C=O) groups excluding carboxylic acids is 1. The number of benzene rings is 1. The van der Waals surface area contributed by atoms with Gasteiger partial charge in [0.2, 0.25) is 0 Å². The molecule has 0 saturated heterocycles. The van der Waals surface area contributed by atoms with Crippen molar-refractivity contribution >= 4 is 5.78 Å². The maximum absolute atomic E-state index is 11.5. The first-order valence-corrected chi connectivity index (χ1v) is 5.34. The quantitative estimate of drug-likeness (QED) is 0.736. The van der Waals surface area contributed by atoms with Gasteiger partial charge >= 0.3 is 0 Å². The molecule has 3 nitrogen and oxygen atoms in total. The number of imidazole rings is 1. The zero-order chi connectivity index (χ0) is 11.5. The third-order valence-electron chi connectivity index (χ3n) is 2.64. The van der Waals surface area contributed by atoms with Crippen LogP contribution >= 0.6 is 0 Å². The Balaban J connectivity index is 2.60. The van der Waals surface area contributed by atoms with E-state index in [-0.39, 0.29) is 5.78 Å². The van der Waals surface area contributed by atoms with Crippen molar-refractivity contribution in [3.63, 3.8) is 0 Å². The van der Waals surface area contributed by atoms with E-state index in [4.69, 9.17) is 0 Å². The summed E-state index contributed by atoms with van der Waals surface area (Å²) in [4.78, 5) is 15.7. The number of hydrogen-bond acceptors (Lipinski definition) is 2. The monoisotopic (exact) mass is 214 g/mol. The Morgan fingerprint density at radius 3 is 2.81 bits per heavy atom. The minimum atomic E-state index is 0.0828. The predicted octanol–water partition coefficient (Wildman–Crippen LogP) is 2.77. The van der Waals surface area contributed by atoms with Crippen LogP contribution < -0.4 is 0 Å². The van der Waals surface area contributed by atoms with Gasteiger partial charge in [0.1, 0.15) is 0 Å². The van der Waals surface area contributed by atoms with Crippen LogP contribution in [-0.2, 0) is 6.54 Å². The summed E-state index contributed by atoms with van der Waals surface area (Å²) in [5, 5.41) is 0. The zero-order valence-electron chi connectivity index (χ0n) is 9.47. The lowest BCUT2D eigenvalue weighted by Gasteiger charge is -2.08. The number of rotatable bonds is 3. The fourth-order valence-electron chi connectivity index (χ4n) is 1.81. The molecule has 0 N–H and O–H groups in total. The normalized spacial score (nSPS) is 10.4. The van der Waals surface area contributed by atoms with Gasteiger partial charge in [-0.25, -0.2) is 4.98 Å². The molecular formula is C13H14N2O. The van der Waals surface area contributed by atoms with Gasteiger partial charge in [-0.1, -0.05) is 24.3 Å². The highest BCUT2D eigenvalue weighted by atomic mass is 16.1. The fraction of sp³-hybridized carbons (Fsp3) is 0.231. The van der Waals surface area contributed by atoms with Gasteiger partial charge in [-0.05, 0) is 13.8 Å². The highest BCUT2D eigenvalue weighted by Crippen LogP contribution is 2.23. The molecule has 0 aliphatic carbocycles. The second-order valence-electron chi connectivity index (χ2n) is 3.67. The summed E-state index contributed by atoms with van der Waals surface area (Å²) < 4.78 is 2.03. The molecule has 1 heterocycles. The summed E-state index contributed by atoms with van der Waals surface area (Å²) in [6.07, 6.45) is 3.58. The van der Waals surface area contributed by atoms with Gasteiger partial charge < -0.3 is 4.57 Å². The SMILES string of the molecule is CCn1cncc1-c1ccccc1C(C)=O. The van der Waals surface area contributed by atoms with E-state index < -0.39 is 0 Å². The molecule has 0 spiro atoms. The number of carbonyl (C=O) groups is 1. The average molecular weight is 214 g/mol. The van der Waals surface area contributed by atoms with Crippen molar-refractivity contribution in [1.29, 1.82) is 0 Å². The standard InChI is InChI=1S/C13H14N2O/c1-3-15-9-14-8-13(15)12-7-5-4-6-11(12)10(2)16/h4-9H,3H2,1-2H3. The van der Waals surface area contributed by atoms with Crippen molar-refractivity contribution in [3.05, 3.63) is 42.4 Å². The van der Waals surface area contributed by atoms with Gasteiger partial charge in [-0.2, -0.15) is 0 Å². The van der Waals surface area contributed by atoms with Gasteiger partial charge in [0, 0.05) is 17.7 Å². The van der Waals surface area contributed by atoms with E-state index in [2.05, 4.69) is 11.9 Å². The molecule has 0 bridgehead atoms. The van der Waals surface area contributed by atoms with Crippen molar-refractivity contribution in [3.8, 4) is 11.3 Å². The third-order valence-corrected chi connectivity index (χ3v) is 2.64. The summed E-state index contributed by atoms with van der Waals surface area (Å²) >= 11 is 0. The molecule has 0 aliphatic rings. The lowest BCUT2D eigenvalue weighted by atomic mass is 10.0. The van der Waals surface area contributed by atoms with Crippen LogP contribution in [-0.4, -0.2) is 15.3 Å². The molecule has 82 valence electrons. The first kappa shape index (κ1) is 10.6. The van der Waals surface area contributed by atoms with E-state index in [1.807, 2.05) is 28.8 Å². The fourth-order valence-corrected chi connectivity index (χ4v) is 1.81. The Labute approximate surface area is 94.7 Å². The molecule has 0 fully saturated rings. The van der Waals surface area contributed by atoms with Crippen LogP contribution in [0.3, 0.4) is 0 Å². The molecule has 3 heteroatoms. The summed E-state index contributed by atoms with van der Waals surface area (Å²) in [5.74, 6) is 0.0828. The average Bonchev–Trinajstić information content (AvgIpc) is 2.76. The number of aryl methyl sites for hydroxylation is 1. The van der Waals surface area contributed by atoms with Crippen LogP contribution in [0.15, 0.2) is 36.8 Å². The van der Waals surface area contributed by atoms with Crippen LogP contribution in [0.2, 0.25) is 0 Å². The van der Waals surface area contributed by atoms with E-state index >= 15 is 0 Å². The van der Waals surface area contributed by atoms with E-state index in [0.29, 0.717) is 0 Å². The van der Waals surface area contributed by atoms with E-state index in [0.717, 1.165) is 23.4 Å². The van der Waals surface area contributed by atoms with E-state index in [1.165, 1.54) is 0 Å². The van der Waals surface area contributed by atoms with Gasteiger partial charge in [-0.3, -0.25) is 4.79 Å². The maximum atomic E-state index is 11.5. The van der Waals surface area contributed by atoms with Crippen molar-refractivity contribution in [2.75, 3.05) is 0 Å². The molecule has 0 saturated carbocycles. The van der Waals surface area contributed by atoms with Crippen LogP contribution in [0, 0.1) is 0 Å². The van der Waals surface area contributed by atoms with Gasteiger partial charge in [0.25, 0.3) is 0 Å². The minimum Gasteiger partial charge on any atom is -0.331 e. The summed E-state index contributed by atoms with van der Waals surface area (Å²) in [5.41, 5.74) is 2.69. The summed E-state index contributed by atoms with van der Waals surface area (Å²) in [7, 11) is 0.